The minimum absolute atomic E-state index is 0.0284. The normalized spacial score (nSPS) is 11.2. The quantitative estimate of drug-likeness (QED) is 0.0492. The van der Waals surface area contributed by atoms with Crippen LogP contribution >= 0.6 is 0 Å². The van der Waals surface area contributed by atoms with Crippen molar-refractivity contribution in [2.24, 2.45) is 0 Å². The summed E-state index contributed by atoms with van der Waals surface area (Å²) in [5.74, 6) is 0.0284. The van der Waals surface area contributed by atoms with E-state index in [1.54, 1.807) is 0 Å². The van der Waals surface area contributed by atoms with Crippen LogP contribution in [0.1, 0.15) is 329 Å². The third kappa shape index (κ3) is 59.8. The number of rotatable bonds is 49. The van der Waals surface area contributed by atoms with E-state index in [0.717, 1.165) is 19.3 Å². The summed E-state index contributed by atoms with van der Waals surface area (Å²) in [4.78, 5) is 11.9. The van der Waals surface area contributed by atoms with Gasteiger partial charge in [-0.3, -0.25) is 4.79 Å². The smallest absolute Gasteiger partial charge is 0.305 e. The molecule has 1 N–H and O–H groups in total. The van der Waals surface area contributed by atoms with Gasteiger partial charge in [0.05, 0.1) is 6.61 Å². The Hall–Kier alpha value is -0.570. The molecule has 0 aromatic carbocycles. The minimum Gasteiger partial charge on any atom is -0.466 e. The van der Waals surface area contributed by atoms with Crippen LogP contribution in [0, 0.1) is 0 Å². The maximum atomic E-state index is 11.9. The first-order valence-electron chi connectivity index (χ1n) is 27.0. The van der Waals surface area contributed by atoms with E-state index in [0.29, 0.717) is 19.6 Å². The van der Waals surface area contributed by atoms with Crippen LogP contribution in [0.4, 0.5) is 0 Å². The van der Waals surface area contributed by atoms with Gasteiger partial charge in [0.25, 0.3) is 0 Å². The molecule has 0 radical (unpaired) electrons. The Bertz CT molecular complexity index is 662. The minimum atomic E-state index is 0.0284. The van der Waals surface area contributed by atoms with Crippen LogP contribution in [-0.4, -0.2) is 24.3 Å². The molecule has 0 saturated heterocycles. The van der Waals surface area contributed by atoms with Crippen molar-refractivity contribution in [3.8, 4) is 0 Å². The number of hydrogen-bond acceptors (Lipinski definition) is 3. The van der Waals surface area contributed by atoms with Crippen molar-refractivity contribution in [2.75, 3.05) is 13.2 Å². The maximum Gasteiger partial charge on any atom is 0.305 e. The van der Waals surface area contributed by atoms with E-state index in [9.17, 15) is 4.79 Å². The standard InChI is InChI=1S/C36H72O2.C18H38O/c1-3-5-7-9-11-13-15-17-19-21-23-25-27-29-31-33-35-38-36(37)34-32-30-28-26-24-22-20-18-16-14-12-10-8-6-4-2;1-2-3-4-5-6-7-8-9-10-11-12-13-14-15-16-17-18-19/h3-35H2,1-2H3;19H,2-18H2,1H3. The van der Waals surface area contributed by atoms with E-state index in [1.165, 1.54) is 283 Å². The average Bonchev–Trinajstić information content (AvgIpc) is 3.22. The zero-order valence-electron chi connectivity index (χ0n) is 40.1. The zero-order valence-corrected chi connectivity index (χ0v) is 40.1. The molecule has 344 valence electrons. The van der Waals surface area contributed by atoms with E-state index < -0.39 is 0 Å². The van der Waals surface area contributed by atoms with E-state index in [-0.39, 0.29) is 5.97 Å². The Labute approximate surface area is 361 Å². The van der Waals surface area contributed by atoms with Crippen LogP contribution in [0.2, 0.25) is 0 Å². The molecule has 0 rings (SSSR count). The summed E-state index contributed by atoms with van der Waals surface area (Å²) in [6.45, 7) is 7.87. The molecule has 0 heterocycles. The van der Waals surface area contributed by atoms with Gasteiger partial charge in [-0.2, -0.15) is 0 Å². The van der Waals surface area contributed by atoms with Crippen molar-refractivity contribution in [3.05, 3.63) is 0 Å². The van der Waals surface area contributed by atoms with Crippen molar-refractivity contribution >= 4 is 5.97 Å². The van der Waals surface area contributed by atoms with Gasteiger partial charge in [-0.15, -0.1) is 0 Å². The summed E-state index contributed by atoms with van der Waals surface area (Å²) in [6.07, 6.45) is 65.2. The molecule has 3 nitrogen and oxygen atoms in total. The maximum absolute atomic E-state index is 11.9. The number of carbonyl (C=O) groups is 1. The number of hydrogen-bond donors (Lipinski definition) is 1. The highest BCUT2D eigenvalue weighted by Crippen LogP contribution is 2.17. The first kappa shape index (κ1) is 58.5. The molecule has 0 aromatic rings. The van der Waals surface area contributed by atoms with Gasteiger partial charge in [0, 0.05) is 13.0 Å². The third-order valence-electron chi connectivity index (χ3n) is 12.3. The lowest BCUT2D eigenvalue weighted by molar-refractivity contribution is -0.143. The fraction of sp³-hybridized carbons (Fsp3) is 0.981. The van der Waals surface area contributed by atoms with Gasteiger partial charge in [0.2, 0.25) is 0 Å². The summed E-state index contributed by atoms with van der Waals surface area (Å²) >= 11 is 0. The Morgan fingerprint density at radius 1 is 0.281 bits per heavy atom. The summed E-state index contributed by atoms with van der Waals surface area (Å²) < 4.78 is 5.44. The lowest BCUT2D eigenvalue weighted by Gasteiger charge is -2.06. The van der Waals surface area contributed by atoms with Crippen LogP contribution in [0.25, 0.3) is 0 Å². The predicted octanol–water partition coefficient (Wildman–Crippen LogP) is 19.3. The summed E-state index contributed by atoms with van der Waals surface area (Å²) in [7, 11) is 0. The van der Waals surface area contributed by atoms with E-state index in [4.69, 9.17) is 9.84 Å². The van der Waals surface area contributed by atoms with Gasteiger partial charge in [0.1, 0.15) is 0 Å². The number of ether oxygens (including phenoxy) is 1. The molecule has 0 saturated carbocycles. The molecule has 0 aromatic heterocycles. The monoisotopic (exact) mass is 807 g/mol. The molecule has 0 atom stereocenters. The van der Waals surface area contributed by atoms with Crippen LogP contribution in [0.15, 0.2) is 0 Å². The average molecular weight is 807 g/mol. The molecule has 0 fully saturated rings. The zero-order chi connectivity index (χ0) is 41.6. The summed E-state index contributed by atoms with van der Waals surface area (Å²) in [5.41, 5.74) is 0. The Balaban J connectivity index is 0. The van der Waals surface area contributed by atoms with Gasteiger partial charge in [0.15, 0.2) is 0 Å². The number of carbonyl (C=O) groups excluding carboxylic acids is 1. The second-order valence-electron chi connectivity index (χ2n) is 18.3. The van der Waals surface area contributed by atoms with Gasteiger partial charge in [-0.1, -0.05) is 303 Å². The van der Waals surface area contributed by atoms with Crippen LogP contribution in [0.5, 0.6) is 0 Å². The van der Waals surface area contributed by atoms with Crippen LogP contribution < -0.4 is 0 Å². The third-order valence-corrected chi connectivity index (χ3v) is 12.3. The first-order valence-corrected chi connectivity index (χ1v) is 27.0. The number of aliphatic hydroxyl groups is 1. The molecule has 0 aliphatic carbocycles. The Morgan fingerprint density at radius 3 is 0.702 bits per heavy atom. The molecule has 0 bridgehead atoms. The van der Waals surface area contributed by atoms with Crippen LogP contribution in [-0.2, 0) is 9.53 Å². The van der Waals surface area contributed by atoms with Gasteiger partial charge >= 0.3 is 5.97 Å². The van der Waals surface area contributed by atoms with Crippen molar-refractivity contribution in [3.63, 3.8) is 0 Å². The Kier molecular flexibility index (Phi) is 59.1. The molecular formula is C54H110O3. The van der Waals surface area contributed by atoms with Crippen molar-refractivity contribution < 1.29 is 14.6 Å². The summed E-state index contributed by atoms with van der Waals surface area (Å²) in [6, 6.07) is 0. The van der Waals surface area contributed by atoms with E-state index in [2.05, 4.69) is 20.8 Å². The molecule has 0 aliphatic rings. The lowest BCUT2D eigenvalue weighted by atomic mass is 10.0. The molecule has 3 heteroatoms. The Morgan fingerprint density at radius 2 is 0.474 bits per heavy atom. The molecule has 0 unspecified atom stereocenters. The SMILES string of the molecule is CCCCCCCCCCCCCCCCCCO.CCCCCCCCCCCCCCCCCCOC(=O)CCCCCCCCCCCCCCCCC. The number of aliphatic hydroxyl groups excluding tert-OH is 1. The van der Waals surface area contributed by atoms with E-state index in [1.807, 2.05) is 0 Å². The number of unbranched alkanes of at least 4 members (excludes halogenated alkanes) is 44. The van der Waals surface area contributed by atoms with Gasteiger partial charge < -0.3 is 9.84 Å². The van der Waals surface area contributed by atoms with E-state index >= 15 is 0 Å². The fourth-order valence-electron chi connectivity index (χ4n) is 8.21. The predicted molar refractivity (Wildman–Crippen MR) is 257 cm³/mol. The molecule has 0 spiro atoms. The van der Waals surface area contributed by atoms with Crippen molar-refractivity contribution in [2.45, 2.75) is 329 Å². The fourth-order valence-corrected chi connectivity index (χ4v) is 8.21. The largest absolute Gasteiger partial charge is 0.466 e. The van der Waals surface area contributed by atoms with Gasteiger partial charge in [-0.05, 0) is 19.3 Å². The highest BCUT2D eigenvalue weighted by molar-refractivity contribution is 5.69. The van der Waals surface area contributed by atoms with Crippen molar-refractivity contribution in [1.82, 2.24) is 0 Å². The second kappa shape index (κ2) is 57.5. The molecule has 57 heavy (non-hydrogen) atoms. The lowest BCUT2D eigenvalue weighted by Crippen LogP contribution is -2.05. The number of esters is 1. The highest BCUT2D eigenvalue weighted by Gasteiger charge is 2.03. The van der Waals surface area contributed by atoms with Gasteiger partial charge in [-0.25, -0.2) is 0 Å². The molecular weight excluding hydrogens is 697 g/mol. The van der Waals surface area contributed by atoms with Crippen LogP contribution in [0.3, 0.4) is 0 Å². The topological polar surface area (TPSA) is 46.5 Å². The molecule has 0 aliphatic heterocycles. The summed E-state index contributed by atoms with van der Waals surface area (Å²) in [5, 5.41) is 8.67. The first-order chi connectivity index (χ1) is 28.2. The second-order valence-corrected chi connectivity index (χ2v) is 18.3. The highest BCUT2D eigenvalue weighted by atomic mass is 16.5. The molecule has 0 amide bonds. The van der Waals surface area contributed by atoms with Crippen molar-refractivity contribution in [1.29, 1.82) is 0 Å².